The van der Waals surface area contributed by atoms with Gasteiger partial charge >= 0.3 is 6.18 Å². The average Bonchev–Trinajstić information content (AvgIpc) is 3.06. The number of nitrogens with one attached hydrogen (secondary N) is 2. The highest BCUT2D eigenvalue weighted by molar-refractivity contribution is 5.44. The van der Waals surface area contributed by atoms with Crippen molar-refractivity contribution < 1.29 is 13.2 Å². The molecule has 134 valence electrons. The van der Waals surface area contributed by atoms with Gasteiger partial charge in [0.05, 0.1) is 0 Å². The van der Waals surface area contributed by atoms with Gasteiger partial charge in [0, 0.05) is 18.7 Å². The first-order valence-corrected chi connectivity index (χ1v) is 8.42. The Hall–Kier alpha value is -2.31. The molecule has 1 aliphatic carbocycles. The van der Waals surface area contributed by atoms with E-state index in [0.29, 0.717) is 6.54 Å². The first kappa shape index (κ1) is 17.5. The van der Waals surface area contributed by atoms with Gasteiger partial charge in [-0.1, -0.05) is 42.7 Å². The third kappa shape index (κ3) is 4.84. The molecule has 25 heavy (non-hydrogen) atoms. The van der Waals surface area contributed by atoms with Crippen molar-refractivity contribution in [3.63, 3.8) is 0 Å². The van der Waals surface area contributed by atoms with Gasteiger partial charge in [-0.05, 0) is 25.3 Å². The Bertz CT molecular complexity index is 707. The van der Waals surface area contributed by atoms with Gasteiger partial charge in [-0.15, -0.1) is 0 Å². The summed E-state index contributed by atoms with van der Waals surface area (Å²) in [6, 6.07) is 8.90. The lowest BCUT2D eigenvalue weighted by Crippen LogP contribution is -2.19. The van der Waals surface area contributed by atoms with E-state index in [0.717, 1.165) is 42.9 Å². The van der Waals surface area contributed by atoms with Gasteiger partial charge in [0.2, 0.25) is 5.95 Å². The topological polar surface area (TPSA) is 49.8 Å². The third-order valence-corrected chi connectivity index (χ3v) is 4.30. The second-order valence-electron chi connectivity index (χ2n) is 6.42. The number of alkyl halides is 3. The minimum atomic E-state index is -4.50. The van der Waals surface area contributed by atoms with E-state index in [2.05, 4.69) is 20.6 Å². The molecule has 1 fully saturated rings. The Kier molecular flexibility index (Phi) is 5.11. The quantitative estimate of drug-likeness (QED) is 0.815. The number of hydrogen-bond acceptors (Lipinski definition) is 4. The van der Waals surface area contributed by atoms with Gasteiger partial charge in [-0.2, -0.15) is 18.2 Å². The molecule has 7 heteroatoms. The van der Waals surface area contributed by atoms with Crippen LogP contribution in [0.3, 0.4) is 0 Å². The van der Waals surface area contributed by atoms with E-state index in [9.17, 15) is 13.2 Å². The summed E-state index contributed by atoms with van der Waals surface area (Å²) in [5.41, 5.74) is 1.17. The summed E-state index contributed by atoms with van der Waals surface area (Å²) in [6.45, 7) is 2.38. The van der Waals surface area contributed by atoms with Gasteiger partial charge < -0.3 is 10.6 Å². The number of anilines is 2. The first-order valence-electron chi connectivity index (χ1n) is 8.42. The van der Waals surface area contributed by atoms with Crippen molar-refractivity contribution in [3.05, 3.63) is 47.2 Å². The van der Waals surface area contributed by atoms with Crippen LogP contribution in [0.5, 0.6) is 0 Å². The van der Waals surface area contributed by atoms with Crippen LogP contribution >= 0.6 is 0 Å². The fourth-order valence-electron chi connectivity index (χ4n) is 2.90. The van der Waals surface area contributed by atoms with E-state index in [1.807, 2.05) is 31.2 Å². The first-order chi connectivity index (χ1) is 11.9. The van der Waals surface area contributed by atoms with E-state index in [1.165, 1.54) is 0 Å². The van der Waals surface area contributed by atoms with Crippen LogP contribution in [0.2, 0.25) is 0 Å². The van der Waals surface area contributed by atoms with Crippen LogP contribution in [0.1, 0.15) is 42.5 Å². The maximum Gasteiger partial charge on any atom is 0.433 e. The molecule has 2 aromatic rings. The lowest BCUT2D eigenvalue weighted by molar-refractivity contribution is -0.141. The highest BCUT2D eigenvalue weighted by atomic mass is 19.4. The molecule has 3 rings (SSSR count). The van der Waals surface area contributed by atoms with Crippen LogP contribution in [0.25, 0.3) is 0 Å². The summed E-state index contributed by atoms with van der Waals surface area (Å²) in [5, 5.41) is 6.00. The van der Waals surface area contributed by atoms with Gasteiger partial charge in [-0.3, -0.25) is 0 Å². The summed E-state index contributed by atoms with van der Waals surface area (Å²) >= 11 is 0. The molecular formula is C18H21F3N4. The molecular weight excluding hydrogens is 329 g/mol. The molecule has 4 nitrogen and oxygen atoms in total. The number of benzene rings is 1. The Morgan fingerprint density at radius 1 is 1.08 bits per heavy atom. The van der Waals surface area contributed by atoms with E-state index < -0.39 is 11.9 Å². The van der Waals surface area contributed by atoms with Gasteiger partial charge in [-0.25, -0.2) is 4.98 Å². The monoisotopic (exact) mass is 350 g/mol. The number of aromatic nitrogens is 2. The zero-order chi connectivity index (χ0) is 17.9. The third-order valence-electron chi connectivity index (χ3n) is 4.30. The lowest BCUT2D eigenvalue weighted by atomic mass is 10.1. The van der Waals surface area contributed by atoms with E-state index in [-0.39, 0.29) is 17.8 Å². The summed E-state index contributed by atoms with van der Waals surface area (Å²) in [4.78, 5) is 7.86. The van der Waals surface area contributed by atoms with Gasteiger partial charge in [0.25, 0.3) is 0 Å². The summed E-state index contributed by atoms with van der Waals surface area (Å²) in [7, 11) is 0. The van der Waals surface area contributed by atoms with Crippen molar-refractivity contribution in [3.8, 4) is 0 Å². The largest absolute Gasteiger partial charge is 0.433 e. The maximum absolute atomic E-state index is 13.1. The van der Waals surface area contributed by atoms with E-state index in [4.69, 9.17) is 0 Å². The van der Waals surface area contributed by atoms with Crippen LogP contribution in [0.4, 0.5) is 24.9 Å². The molecule has 1 heterocycles. The normalized spacial score (nSPS) is 15.4. The van der Waals surface area contributed by atoms with Crippen LogP contribution in [-0.4, -0.2) is 16.0 Å². The maximum atomic E-state index is 13.1. The lowest BCUT2D eigenvalue weighted by Gasteiger charge is -2.15. The highest BCUT2D eigenvalue weighted by Gasteiger charge is 2.34. The SMILES string of the molecule is Cc1ccc(CNc2cc(C(F)(F)F)nc(NC3CCCC3)n2)cc1. The molecule has 0 unspecified atom stereocenters. The zero-order valence-electron chi connectivity index (χ0n) is 14.0. The standard InChI is InChI=1S/C18H21F3N4/c1-12-6-8-13(9-7-12)11-22-16-10-15(18(19,20)21)24-17(25-16)23-14-4-2-3-5-14/h6-10,14H,2-5,11H2,1H3,(H2,22,23,24,25). The van der Waals surface area contributed by atoms with Crippen molar-refractivity contribution in [2.45, 2.75) is 51.4 Å². The molecule has 1 aromatic heterocycles. The molecule has 0 radical (unpaired) electrons. The van der Waals surface area contributed by atoms with Crippen molar-refractivity contribution >= 4 is 11.8 Å². The minimum Gasteiger partial charge on any atom is -0.366 e. The van der Waals surface area contributed by atoms with Gasteiger partial charge in [0.15, 0.2) is 5.69 Å². The Labute approximate surface area is 144 Å². The molecule has 1 aromatic carbocycles. The highest BCUT2D eigenvalue weighted by Crippen LogP contribution is 2.30. The molecule has 0 atom stereocenters. The summed E-state index contributed by atoms with van der Waals surface area (Å²) in [5.74, 6) is 0.205. The number of rotatable bonds is 5. The number of nitrogens with zero attached hydrogens (tertiary/aromatic N) is 2. The summed E-state index contributed by atoms with van der Waals surface area (Å²) < 4.78 is 39.4. The smallest absolute Gasteiger partial charge is 0.366 e. The van der Waals surface area contributed by atoms with Crippen molar-refractivity contribution in [2.24, 2.45) is 0 Å². The fraction of sp³-hybridized carbons (Fsp3) is 0.444. The fourth-order valence-corrected chi connectivity index (χ4v) is 2.90. The molecule has 0 saturated heterocycles. The number of hydrogen-bond donors (Lipinski definition) is 2. The second kappa shape index (κ2) is 7.29. The molecule has 0 amide bonds. The van der Waals surface area contributed by atoms with Crippen LogP contribution in [0.15, 0.2) is 30.3 Å². The molecule has 2 N–H and O–H groups in total. The Morgan fingerprint density at radius 2 is 1.76 bits per heavy atom. The molecule has 1 saturated carbocycles. The van der Waals surface area contributed by atoms with Crippen molar-refractivity contribution in [2.75, 3.05) is 10.6 Å². The molecule has 1 aliphatic rings. The van der Waals surface area contributed by atoms with Crippen LogP contribution in [-0.2, 0) is 12.7 Å². The second-order valence-corrected chi connectivity index (χ2v) is 6.42. The molecule has 0 spiro atoms. The number of halogens is 3. The van der Waals surface area contributed by atoms with Crippen molar-refractivity contribution in [1.82, 2.24) is 9.97 Å². The predicted molar refractivity (Wildman–Crippen MR) is 91.4 cm³/mol. The van der Waals surface area contributed by atoms with Gasteiger partial charge in [0.1, 0.15) is 5.82 Å². The van der Waals surface area contributed by atoms with E-state index >= 15 is 0 Å². The Morgan fingerprint density at radius 3 is 2.40 bits per heavy atom. The average molecular weight is 350 g/mol. The predicted octanol–water partition coefficient (Wildman–Crippen LogP) is 4.77. The van der Waals surface area contributed by atoms with Crippen molar-refractivity contribution in [1.29, 1.82) is 0 Å². The Balaban J connectivity index is 1.77. The molecule has 0 bridgehead atoms. The van der Waals surface area contributed by atoms with Crippen LogP contribution in [0, 0.1) is 6.92 Å². The van der Waals surface area contributed by atoms with Crippen LogP contribution < -0.4 is 10.6 Å². The minimum absolute atomic E-state index is 0.0353. The van der Waals surface area contributed by atoms with E-state index in [1.54, 1.807) is 0 Å². The number of aryl methyl sites for hydroxylation is 1. The summed E-state index contributed by atoms with van der Waals surface area (Å²) in [6.07, 6.45) is -0.475. The molecule has 0 aliphatic heterocycles. The zero-order valence-corrected chi connectivity index (χ0v) is 14.0.